The minimum atomic E-state index is -0.411. The number of ketones is 1. The summed E-state index contributed by atoms with van der Waals surface area (Å²) >= 11 is 1.76. The lowest BCUT2D eigenvalue weighted by Crippen LogP contribution is -2.45. The van der Waals surface area contributed by atoms with Gasteiger partial charge in [0.2, 0.25) is 0 Å². The Morgan fingerprint density at radius 2 is 2.27 bits per heavy atom. The molecule has 1 atom stereocenters. The first-order valence-corrected chi connectivity index (χ1v) is 6.27. The summed E-state index contributed by atoms with van der Waals surface area (Å²) in [5.41, 5.74) is 0. The van der Waals surface area contributed by atoms with E-state index in [1.165, 1.54) is 0 Å². The maximum atomic E-state index is 11.7. The van der Waals surface area contributed by atoms with E-state index in [0.717, 1.165) is 18.1 Å². The van der Waals surface area contributed by atoms with Gasteiger partial charge < -0.3 is 4.74 Å². The Balaban J connectivity index is 2.41. The van der Waals surface area contributed by atoms with Crippen molar-refractivity contribution < 1.29 is 14.3 Å². The van der Waals surface area contributed by atoms with Crippen molar-refractivity contribution in [1.82, 2.24) is 4.90 Å². The maximum Gasteiger partial charge on any atom is 0.313 e. The highest BCUT2D eigenvalue weighted by molar-refractivity contribution is 7.99. The third-order valence-corrected chi connectivity index (χ3v) is 3.41. The van der Waals surface area contributed by atoms with Gasteiger partial charge in [0.25, 0.3) is 0 Å². The zero-order chi connectivity index (χ0) is 11.3. The van der Waals surface area contributed by atoms with Gasteiger partial charge in [0, 0.05) is 18.1 Å². The quantitative estimate of drug-likeness (QED) is 0.522. The molecule has 1 rings (SSSR count). The molecule has 0 aromatic heterocycles. The van der Waals surface area contributed by atoms with Gasteiger partial charge in [-0.1, -0.05) is 0 Å². The van der Waals surface area contributed by atoms with Gasteiger partial charge in [0.05, 0.1) is 12.6 Å². The van der Waals surface area contributed by atoms with Crippen LogP contribution in [0.15, 0.2) is 0 Å². The molecule has 1 saturated heterocycles. The second-order valence-corrected chi connectivity index (χ2v) is 4.67. The summed E-state index contributed by atoms with van der Waals surface area (Å²) in [6.07, 6.45) is -0.0938. The molecule has 0 spiro atoms. The van der Waals surface area contributed by atoms with Gasteiger partial charge in [-0.05, 0) is 14.0 Å². The van der Waals surface area contributed by atoms with Gasteiger partial charge in [-0.15, -0.1) is 0 Å². The van der Waals surface area contributed by atoms with E-state index in [1.807, 2.05) is 11.9 Å². The molecule has 0 aromatic carbocycles. The first-order chi connectivity index (χ1) is 7.15. The van der Waals surface area contributed by atoms with Crippen molar-refractivity contribution >= 4 is 23.5 Å². The molecule has 0 N–H and O–H groups in total. The number of thioether (sulfide) groups is 1. The Morgan fingerprint density at radius 1 is 1.53 bits per heavy atom. The van der Waals surface area contributed by atoms with Gasteiger partial charge in [-0.2, -0.15) is 11.8 Å². The number of esters is 1. The Bertz CT molecular complexity index is 245. The molecular weight excluding hydrogens is 214 g/mol. The van der Waals surface area contributed by atoms with Gasteiger partial charge in [-0.25, -0.2) is 0 Å². The molecule has 0 saturated carbocycles. The Morgan fingerprint density at radius 3 is 2.87 bits per heavy atom. The van der Waals surface area contributed by atoms with E-state index in [1.54, 1.807) is 18.7 Å². The first kappa shape index (κ1) is 12.5. The van der Waals surface area contributed by atoms with Crippen LogP contribution in [0.1, 0.15) is 13.3 Å². The minimum absolute atomic E-state index is 0.0249. The fourth-order valence-corrected chi connectivity index (χ4v) is 2.74. The van der Waals surface area contributed by atoms with E-state index >= 15 is 0 Å². The molecule has 4 nitrogen and oxygen atoms in total. The SMILES string of the molecule is CCOC(=O)CC(=O)C1CSCCN1C. The van der Waals surface area contributed by atoms with Gasteiger partial charge in [-0.3, -0.25) is 14.5 Å². The molecule has 1 aliphatic heterocycles. The highest BCUT2D eigenvalue weighted by Crippen LogP contribution is 2.16. The van der Waals surface area contributed by atoms with Crippen LogP contribution in [-0.4, -0.2) is 54.4 Å². The number of rotatable bonds is 4. The fraction of sp³-hybridized carbons (Fsp3) is 0.800. The van der Waals surface area contributed by atoms with Crippen LogP contribution in [0.4, 0.5) is 0 Å². The van der Waals surface area contributed by atoms with E-state index in [-0.39, 0.29) is 18.2 Å². The molecule has 1 aliphatic rings. The van der Waals surface area contributed by atoms with Crippen LogP contribution in [-0.2, 0) is 14.3 Å². The number of hydrogen-bond acceptors (Lipinski definition) is 5. The Labute approximate surface area is 94.3 Å². The van der Waals surface area contributed by atoms with Crippen LogP contribution in [0.2, 0.25) is 0 Å². The topological polar surface area (TPSA) is 46.6 Å². The van der Waals surface area contributed by atoms with Crippen molar-refractivity contribution in [3.63, 3.8) is 0 Å². The summed E-state index contributed by atoms with van der Waals surface area (Å²) < 4.78 is 4.75. The zero-order valence-corrected chi connectivity index (χ0v) is 10.0. The van der Waals surface area contributed by atoms with E-state index in [2.05, 4.69) is 0 Å². The van der Waals surface area contributed by atoms with E-state index in [4.69, 9.17) is 4.74 Å². The van der Waals surface area contributed by atoms with Crippen molar-refractivity contribution in [3.8, 4) is 0 Å². The molecule has 1 heterocycles. The summed E-state index contributed by atoms with van der Waals surface area (Å²) in [4.78, 5) is 24.9. The minimum Gasteiger partial charge on any atom is -0.466 e. The van der Waals surface area contributed by atoms with Gasteiger partial charge >= 0.3 is 5.97 Å². The normalized spacial score (nSPS) is 22.4. The number of Topliss-reactive ketones (excluding diaryl/α,β-unsaturated/α-hetero) is 1. The van der Waals surface area contributed by atoms with Crippen LogP contribution >= 0.6 is 11.8 Å². The molecule has 1 fully saturated rings. The smallest absolute Gasteiger partial charge is 0.313 e. The summed E-state index contributed by atoms with van der Waals surface area (Å²) in [5.74, 6) is 1.41. The summed E-state index contributed by atoms with van der Waals surface area (Å²) in [7, 11) is 1.92. The molecule has 0 aliphatic carbocycles. The van der Waals surface area contributed by atoms with E-state index in [9.17, 15) is 9.59 Å². The second kappa shape index (κ2) is 6.12. The van der Waals surface area contributed by atoms with Crippen molar-refractivity contribution in [2.45, 2.75) is 19.4 Å². The summed E-state index contributed by atoms with van der Waals surface area (Å²) in [6.45, 7) is 2.98. The highest BCUT2D eigenvalue weighted by Gasteiger charge is 2.27. The number of hydrogen-bond donors (Lipinski definition) is 0. The lowest BCUT2D eigenvalue weighted by molar-refractivity contribution is -0.146. The first-order valence-electron chi connectivity index (χ1n) is 5.11. The predicted molar refractivity (Wildman–Crippen MR) is 60.0 cm³/mol. The van der Waals surface area contributed by atoms with Crippen molar-refractivity contribution in [3.05, 3.63) is 0 Å². The molecule has 0 radical (unpaired) electrons. The average molecular weight is 231 g/mol. The second-order valence-electron chi connectivity index (χ2n) is 3.52. The van der Waals surface area contributed by atoms with Crippen molar-refractivity contribution in [2.75, 3.05) is 31.7 Å². The molecule has 0 bridgehead atoms. The maximum absolute atomic E-state index is 11.7. The average Bonchev–Trinajstić information content (AvgIpc) is 2.18. The van der Waals surface area contributed by atoms with E-state index < -0.39 is 5.97 Å². The number of likely N-dealkylation sites (N-methyl/N-ethyl adjacent to an activating group) is 1. The van der Waals surface area contributed by atoms with Gasteiger partial charge in [0.1, 0.15) is 6.42 Å². The molecule has 15 heavy (non-hydrogen) atoms. The largest absolute Gasteiger partial charge is 0.466 e. The molecule has 5 heteroatoms. The fourth-order valence-electron chi connectivity index (χ4n) is 1.50. The Kier molecular flexibility index (Phi) is 5.11. The lowest BCUT2D eigenvalue weighted by Gasteiger charge is -2.30. The Hall–Kier alpha value is -0.550. The number of carbonyl (C=O) groups is 2. The number of nitrogens with zero attached hydrogens (tertiary/aromatic N) is 1. The third-order valence-electron chi connectivity index (χ3n) is 2.39. The van der Waals surface area contributed by atoms with Crippen molar-refractivity contribution in [1.29, 1.82) is 0 Å². The summed E-state index contributed by atoms with van der Waals surface area (Å²) in [6, 6.07) is -0.117. The van der Waals surface area contributed by atoms with Gasteiger partial charge in [0.15, 0.2) is 5.78 Å². The molecule has 0 amide bonds. The summed E-state index contributed by atoms with van der Waals surface area (Å²) in [5, 5.41) is 0. The lowest BCUT2D eigenvalue weighted by atomic mass is 10.1. The van der Waals surface area contributed by atoms with E-state index in [0.29, 0.717) is 6.61 Å². The molecule has 0 aromatic rings. The molecule has 86 valence electrons. The number of carbonyl (C=O) groups excluding carboxylic acids is 2. The monoisotopic (exact) mass is 231 g/mol. The van der Waals surface area contributed by atoms with Crippen LogP contribution in [0.5, 0.6) is 0 Å². The van der Waals surface area contributed by atoms with Crippen LogP contribution in [0, 0.1) is 0 Å². The number of ether oxygens (including phenoxy) is 1. The standard InChI is InChI=1S/C10H17NO3S/c1-3-14-10(13)6-9(12)8-7-15-5-4-11(8)2/h8H,3-7H2,1-2H3. The highest BCUT2D eigenvalue weighted by atomic mass is 32.2. The van der Waals surface area contributed by atoms with Crippen LogP contribution in [0.25, 0.3) is 0 Å². The van der Waals surface area contributed by atoms with Crippen LogP contribution < -0.4 is 0 Å². The predicted octanol–water partition coefficient (Wildman–Crippen LogP) is 0.556. The molecular formula is C10H17NO3S. The third kappa shape index (κ3) is 3.83. The zero-order valence-electron chi connectivity index (χ0n) is 9.19. The van der Waals surface area contributed by atoms with Crippen LogP contribution in [0.3, 0.4) is 0 Å². The molecule has 1 unspecified atom stereocenters. The van der Waals surface area contributed by atoms with Crippen molar-refractivity contribution in [2.24, 2.45) is 0 Å².